The van der Waals surface area contributed by atoms with Gasteiger partial charge in [0, 0.05) is 0 Å². The van der Waals surface area contributed by atoms with E-state index >= 15 is 0 Å². The first-order valence-corrected chi connectivity index (χ1v) is 5.01. The SMILES string of the molecule is CCOC(=O)[C@@H](C)O[C@H](C)C(=O)OCC. The van der Waals surface area contributed by atoms with Crippen LogP contribution in [0.4, 0.5) is 0 Å². The first-order chi connectivity index (χ1) is 7.02. The number of carbonyl (C=O) groups is 2. The molecule has 2 atom stereocenters. The molecular formula is C10H18O5. The molecule has 0 unspecified atom stereocenters. The van der Waals surface area contributed by atoms with Crippen molar-refractivity contribution < 1.29 is 23.8 Å². The Morgan fingerprint density at radius 2 is 1.27 bits per heavy atom. The Kier molecular flexibility index (Phi) is 6.70. The lowest BCUT2D eigenvalue weighted by atomic mass is 10.3. The third kappa shape index (κ3) is 5.37. The van der Waals surface area contributed by atoms with Crippen molar-refractivity contribution in [3.05, 3.63) is 0 Å². The van der Waals surface area contributed by atoms with Gasteiger partial charge in [0.15, 0.2) is 12.2 Å². The van der Waals surface area contributed by atoms with Crippen molar-refractivity contribution in [2.24, 2.45) is 0 Å². The van der Waals surface area contributed by atoms with Crippen LogP contribution in [-0.4, -0.2) is 37.4 Å². The highest BCUT2D eigenvalue weighted by Crippen LogP contribution is 2.02. The van der Waals surface area contributed by atoms with E-state index in [1.54, 1.807) is 13.8 Å². The van der Waals surface area contributed by atoms with Crippen LogP contribution in [0.5, 0.6) is 0 Å². The average molecular weight is 218 g/mol. The fourth-order valence-electron chi connectivity index (χ4n) is 0.937. The highest BCUT2D eigenvalue weighted by Gasteiger charge is 2.22. The van der Waals surface area contributed by atoms with Crippen LogP contribution >= 0.6 is 0 Å². The van der Waals surface area contributed by atoms with E-state index in [1.165, 1.54) is 13.8 Å². The van der Waals surface area contributed by atoms with E-state index in [0.29, 0.717) is 13.2 Å². The lowest BCUT2D eigenvalue weighted by molar-refractivity contribution is -0.169. The molecule has 0 saturated heterocycles. The number of ether oxygens (including phenoxy) is 3. The third-order valence-corrected chi connectivity index (χ3v) is 1.65. The summed E-state index contributed by atoms with van der Waals surface area (Å²) >= 11 is 0. The van der Waals surface area contributed by atoms with E-state index in [1.807, 2.05) is 0 Å². The maximum absolute atomic E-state index is 11.2. The molecule has 0 rings (SSSR count). The minimum Gasteiger partial charge on any atom is -0.464 e. The van der Waals surface area contributed by atoms with Crippen LogP contribution in [0.1, 0.15) is 27.7 Å². The van der Waals surface area contributed by atoms with E-state index in [-0.39, 0.29) is 0 Å². The lowest BCUT2D eigenvalue weighted by Gasteiger charge is -2.16. The molecule has 0 aromatic heterocycles. The number of rotatable bonds is 6. The fraction of sp³-hybridized carbons (Fsp3) is 0.800. The fourth-order valence-corrected chi connectivity index (χ4v) is 0.937. The summed E-state index contributed by atoms with van der Waals surface area (Å²) < 4.78 is 14.6. The van der Waals surface area contributed by atoms with Gasteiger partial charge in [0.25, 0.3) is 0 Å². The second kappa shape index (κ2) is 7.23. The molecule has 5 heteroatoms. The van der Waals surface area contributed by atoms with Crippen LogP contribution in [0.2, 0.25) is 0 Å². The molecule has 0 saturated carbocycles. The van der Waals surface area contributed by atoms with Crippen molar-refractivity contribution in [3.63, 3.8) is 0 Å². The summed E-state index contributed by atoms with van der Waals surface area (Å²) in [5, 5.41) is 0. The summed E-state index contributed by atoms with van der Waals surface area (Å²) in [5.41, 5.74) is 0. The summed E-state index contributed by atoms with van der Waals surface area (Å²) in [6.45, 7) is 7.07. The van der Waals surface area contributed by atoms with Crippen LogP contribution < -0.4 is 0 Å². The summed E-state index contributed by atoms with van der Waals surface area (Å²) in [5.74, 6) is -0.956. The van der Waals surface area contributed by atoms with E-state index in [4.69, 9.17) is 14.2 Å². The third-order valence-electron chi connectivity index (χ3n) is 1.65. The molecule has 0 bridgehead atoms. The van der Waals surface area contributed by atoms with E-state index in [9.17, 15) is 9.59 Å². The Balaban J connectivity index is 3.99. The van der Waals surface area contributed by atoms with Crippen LogP contribution in [0, 0.1) is 0 Å². The van der Waals surface area contributed by atoms with Gasteiger partial charge in [0.2, 0.25) is 0 Å². The zero-order chi connectivity index (χ0) is 11.8. The molecule has 0 aliphatic carbocycles. The molecule has 15 heavy (non-hydrogen) atoms. The molecule has 0 fully saturated rings. The first-order valence-electron chi connectivity index (χ1n) is 5.01. The minimum absolute atomic E-state index is 0.292. The molecule has 0 N–H and O–H groups in total. The van der Waals surface area contributed by atoms with Gasteiger partial charge in [0.05, 0.1) is 13.2 Å². The highest BCUT2D eigenvalue weighted by atomic mass is 16.6. The maximum Gasteiger partial charge on any atom is 0.334 e. The van der Waals surface area contributed by atoms with Gasteiger partial charge in [-0.3, -0.25) is 0 Å². The van der Waals surface area contributed by atoms with Gasteiger partial charge < -0.3 is 14.2 Å². The van der Waals surface area contributed by atoms with Gasteiger partial charge in [-0.25, -0.2) is 9.59 Å². The summed E-state index contributed by atoms with van der Waals surface area (Å²) in [7, 11) is 0. The molecule has 0 spiro atoms. The average Bonchev–Trinajstić information content (AvgIpc) is 2.18. The monoisotopic (exact) mass is 218 g/mol. The second-order valence-corrected chi connectivity index (χ2v) is 2.92. The number of esters is 2. The van der Waals surface area contributed by atoms with Crippen molar-refractivity contribution in [1.82, 2.24) is 0 Å². The summed E-state index contributed by atoms with van der Waals surface area (Å²) in [4.78, 5) is 22.3. The highest BCUT2D eigenvalue weighted by molar-refractivity contribution is 5.77. The van der Waals surface area contributed by atoms with Gasteiger partial charge in [-0.05, 0) is 27.7 Å². The lowest BCUT2D eigenvalue weighted by Crippen LogP contribution is -2.32. The molecular weight excluding hydrogens is 200 g/mol. The van der Waals surface area contributed by atoms with Gasteiger partial charge in [-0.15, -0.1) is 0 Å². The zero-order valence-corrected chi connectivity index (χ0v) is 9.61. The van der Waals surface area contributed by atoms with Gasteiger partial charge in [-0.1, -0.05) is 0 Å². The van der Waals surface area contributed by atoms with Crippen molar-refractivity contribution in [2.45, 2.75) is 39.9 Å². The standard InChI is InChI=1S/C10H18O5/c1-5-13-9(11)7(3)15-8(4)10(12)14-6-2/h7-8H,5-6H2,1-4H3/t7-,8-/m1/s1. The molecule has 0 radical (unpaired) electrons. The predicted octanol–water partition coefficient (Wildman–Crippen LogP) is 0.906. The van der Waals surface area contributed by atoms with Gasteiger partial charge in [0.1, 0.15) is 0 Å². The van der Waals surface area contributed by atoms with Crippen LogP contribution in [-0.2, 0) is 23.8 Å². The maximum atomic E-state index is 11.2. The van der Waals surface area contributed by atoms with E-state index in [2.05, 4.69) is 0 Å². The van der Waals surface area contributed by atoms with E-state index < -0.39 is 24.1 Å². The second-order valence-electron chi connectivity index (χ2n) is 2.92. The molecule has 5 nitrogen and oxygen atoms in total. The summed E-state index contributed by atoms with van der Waals surface area (Å²) in [6.07, 6.45) is -1.52. The molecule has 0 aromatic carbocycles. The summed E-state index contributed by atoms with van der Waals surface area (Å²) in [6, 6.07) is 0. The molecule has 0 aliphatic heterocycles. The van der Waals surface area contributed by atoms with Crippen molar-refractivity contribution >= 4 is 11.9 Å². The number of carbonyl (C=O) groups excluding carboxylic acids is 2. The Bertz CT molecular complexity index is 192. The Labute approximate surface area is 89.7 Å². The molecule has 0 aliphatic rings. The predicted molar refractivity (Wildman–Crippen MR) is 53.3 cm³/mol. The van der Waals surface area contributed by atoms with Crippen molar-refractivity contribution in [2.75, 3.05) is 13.2 Å². The molecule has 88 valence electrons. The zero-order valence-electron chi connectivity index (χ0n) is 9.61. The van der Waals surface area contributed by atoms with Crippen molar-refractivity contribution in [3.8, 4) is 0 Å². The molecule has 0 aromatic rings. The Morgan fingerprint density at radius 3 is 1.53 bits per heavy atom. The van der Waals surface area contributed by atoms with Crippen LogP contribution in [0.3, 0.4) is 0 Å². The number of hydrogen-bond donors (Lipinski definition) is 0. The molecule has 0 amide bonds. The van der Waals surface area contributed by atoms with Gasteiger partial charge >= 0.3 is 11.9 Å². The first kappa shape index (κ1) is 13.9. The normalized spacial score (nSPS) is 14.1. The van der Waals surface area contributed by atoms with Crippen molar-refractivity contribution in [1.29, 1.82) is 0 Å². The minimum atomic E-state index is -0.760. The largest absolute Gasteiger partial charge is 0.464 e. The number of hydrogen-bond acceptors (Lipinski definition) is 5. The van der Waals surface area contributed by atoms with Gasteiger partial charge in [-0.2, -0.15) is 0 Å². The smallest absolute Gasteiger partial charge is 0.334 e. The quantitative estimate of drug-likeness (QED) is 0.620. The van der Waals surface area contributed by atoms with Crippen LogP contribution in [0.25, 0.3) is 0 Å². The van der Waals surface area contributed by atoms with E-state index in [0.717, 1.165) is 0 Å². The molecule has 0 heterocycles. The van der Waals surface area contributed by atoms with Crippen LogP contribution in [0.15, 0.2) is 0 Å². The topological polar surface area (TPSA) is 61.8 Å². The Morgan fingerprint density at radius 1 is 0.933 bits per heavy atom. The Hall–Kier alpha value is -1.10.